The predicted octanol–water partition coefficient (Wildman–Crippen LogP) is 3.94. The van der Waals surface area contributed by atoms with E-state index in [-0.39, 0.29) is 5.91 Å². The summed E-state index contributed by atoms with van der Waals surface area (Å²) < 4.78 is 0. The molecule has 1 fully saturated rings. The Bertz CT molecular complexity index is 363. The van der Waals surface area contributed by atoms with Crippen LogP contribution in [-0.4, -0.2) is 23.4 Å². The van der Waals surface area contributed by atoms with Crippen molar-refractivity contribution >= 4 is 5.91 Å². The summed E-state index contributed by atoms with van der Waals surface area (Å²) in [6, 6.07) is 0.320. The topological polar surface area (TPSA) is 20.3 Å². The molecule has 2 heteroatoms. The molecular formula is C17H27NO. The van der Waals surface area contributed by atoms with Crippen LogP contribution in [0.5, 0.6) is 0 Å². The highest BCUT2D eigenvalue weighted by atomic mass is 16.2. The molecule has 1 unspecified atom stereocenters. The van der Waals surface area contributed by atoms with E-state index >= 15 is 0 Å². The minimum absolute atomic E-state index is 0.238. The van der Waals surface area contributed by atoms with Crippen molar-refractivity contribution in [2.24, 2.45) is 11.3 Å². The summed E-state index contributed by atoms with van der Waals surface area (Å²) in [6.45, 7) is 8.63. The van der Waals surface area contributed by atoms with E-state index in [0.29, 0.717) is 12.0 Å². The third-order valence-electron chi connectivity index (χ3n) is 4.69. The molecule has 0 aromatic carbocycles. The summed E-state index contributed by atoms with van der Waals surface area (Å²) in [6.07, 6.45) is 13.8. The molecule has 2 nitrogen and oxygen atoms in total. The number of hydrogen-bond donors (Lipinski definition) is 0. The van der Waals surface area contributed by atoms with Crippen molar-refractivity contribution in [1.29, 1.82) is 0 Å². The van der Waals surface area contributed by atoms with Gasteiger partial charge in [0.05, 0.1) is 11.5 Å². The number of carbonyl (C=O) groups excluding carboxylic acids is 1. The van der Waals surface area contributed by atoms with Gasteiger partial charge in [0, 0.05) is 6.54 Å². The highest BCUT2D eigenvalue weighted by Crippen LogP contribution is 2.33. The van der Waals surface area contributed by atoms with E-state index < -0.39 is 5.41 Å². The lowest BCUT2D eigenvalue weighted by molar-refractivity contribution is -0.141. The van der Waals surface area contributed by atoms with E-state index in [2.05, 4.69) is 23.6 Å². The largest absolute Gasteiger partial charge is 0.335 e. The van der Waals surface area contributed by atoms with Crippen molar-refractivity contribution in [1.82, 2.24) is 4.90 Å². The van der Waals surface area contributed by atoms with Crippen LogP contribution in [0, 0.1) is 11.3 Å². The van der Waals surface area contributed by atoms with Crippen LogP contribution in [0.3, 0.4) is 0 Å². The van der Waals surface area contributed by atoms with Gasteiger partial charge in [-0.05, 0) is 39.0 Å². The van der Waals surface area contributed by atoms with Crippen LogP contribution in [-0.2, 0) is 4.79 Å². The Hall–Kier alpha value is -1.05. The monoisotopic (exact) mass is 261 g/mol. The summed E-state index contributed by atoms with van der Waals surface area (Å²) in [5.74, 6) is 0.900. The fraction of sp³-hybridized carbons (Fsp3) is 0.706. The lowest BCUT2D eigenvalue weighted by Crippen LogP contribution is -2.50. The third-order valence-corrected chi connectivity index (χ3v) is 4.69. The second-order valence-corrected chi connectivity index (χ2v) is 6.53. The van der Waals surface area contributed by atoms with Gasteiger partial charge in [-0.1, -0.05) is 37.5 Å². The van der Waals surface area contributed by atoms with Crippen molar-refractivity contribution in [3.8, 4) is 0 Å². The van der Waals surface area contributed by atoms with Gasteiger partial charge in [0.15, 0.2) is 0 Å². The molecule has 1 aliphatic heterocycles. The molecule has 0 bridgehead atoms. The molecular weight excluding hydrogens is 234 g/mol. The summed E-state index contributed by atoms with van der Waals surface area (Å²) in [5.41, 5.74) is -0.446. The van der Waals surface area contributed by atoms with E-state index in [4.69, 9.17) is 0 Å². The Kier molecular flexibility index (Phi) is 4.49. The molecule has 0 aromatic heterocycles. The zero-order valence-corrected chi connectivity index (χ0v) is 12.4. The van der Waals surface area contributed by atoms with Crippen molar-refractivity contribution in [3.05, 3.63) is 24.8 Å². The zero-order chi connectivity index (χ0) is 13.9. The average molecular weight is 261 g/mol. The molecule has 1 heterocycles. The number of rotatable bonds is 3. The smallest absolute Gasteiger partial charge is 0.232 e. The van der Waals surface area contributed by atoms with Gasteiger partial charge < -0.3 is 4.90 Å². The first-order valence-electron chi connectivity index (χ1n) is 7.67. The molecule has 0 radical (unpaired) electrons. The van der Waals surface area contributed by atoms with Gasteiger partial charge in [-0.15, -0.1) is 6.58 Å². The number of amides is 1. The van der Waals surface area contributed by atoms with Crippen LogP contribution >= 0.6 is 0 Å². The SMILES string of the molecule is C=CC(C)(C)C(=O)N1CCC=CC1C1CCCCC1. The van der Waals surface area contributed by atoms with E-state index in [1.54, 1.807) is 6.08 Å². The first-order valence-corrected chi connectivity index (χ1v) is 7.67. The molecule has 0 N–H and O–H groups in total. The van der Waals surface area contributed by atoms with Gasteiger partial charge >= 0.3 is 0 Å². The van der Waals surface area contributed by atoms with Crippen LogP contribution in [0.15, 0.2) is 24.8 Å². The highest BCUT2D eigenvalue weighted by Gasteiger charge is 2.36. The van der Waals surface area contributed by atoms with Crippen molar-refractivity contribution in [2.45, 2.75) is 58.4 Å². The molecule has 0 saturated heterocycles. The van der Waals surface area contributed by atoms with Gasteiger partial charge in [-0.3, -0.25) is 4.79 Å². The maximum Gasteiger partial charge on any atom is 0.232 e. The van der Waals surface area contributed by atoms with Gasteiger partial charge in [0.2, 0.25) is 5.91 Å². The van der Waals surface area contributed by atoms with E-state index in [1.165, 1.54) is 32.1 Å². The Balaban J connectivity index is 2.15. The van der Waals surface area contributed by atoms with Gasteiger partial charge in [-0.25, -0.2) is 0 Å². The van der Waals surface area contributed by atoms with Crippen LogP contribution in [0.4, 0.5) is 0 Å². The first kappa shape index (κ1) is 14.4. The Morgan fingerprint density at radius 1 is 1.32 bits per heavy atom. The van der Waals surface area contributed by atoms with E-state index in [9.17, 15) is 4.79 Å². The lowest BCUT2D eigenvalue weighted by Gasteiger charge is -2.42. The molecule has 1 amide bonds. The summed E-state index contributed by atoms with van der Waals surface area (Å²) in [4.78, 5) is 14.8. The molecule has 2 aliphatic rings. The molecule has 106 valence electrons. The molecule has 1 atom stereocenters. The van der Waals surface area contributed by atoms with E-state index in [1.807, 2.05) is 13.8 Å². The van der Waals surface area contributed by atoms with Crippen LogP contribution in [0.1, 0.15) is 52.4 Å². The van der Waals surface area contributed by atoms with E-state index in [0.717, 1.165) is 13.0 Å². The fourth-order valence-corrected chi connectivity index (χ4v) is 3.28. The van der Waals surface area contributed by atoms with Crippen molar-refractivity contribution in [3.63, 3.8) is 0 Å². The summed E-state index contributed by atoms with van der Waals surface area (Å²) in [5, 5.41) is 0. The second-order valence-electron chi connectivity index (χ2n) is 6.53. The van der Waals surface area contributed by atoms with Crippen molar-refractivity contribution < 1.29 is 4.79 Å². The Morgan fingerprint density at radius 3 is 2.63 bits per heavy atom. The van der Waals surface area contributed by atoms with Gasteiger partial charge in [0.25, 0.3) is 0 Å². The first-order chi connectivity index (χ1) is 9.06. The highest BCUT2D eigenvalue weighted by molar-refractivity contribution is 5.84. The quantitative estimate of drug-likeness (QED) is 0.705. The lowest BCUT2D eigenvalue weighted by atomic mass is 9.80. The Morgan fingerprint density at radius 2 is 2.00 bits per heavy atom. The Labute approximate surface area is 117 Å². The standard InChI is InChI=1S/C17H27NO/c1-4-17(2,3)16(19)18-13-9-8-12-15(18)14-10-6-5-7-11-14/h4,8,12,14-15H,1,5-7,9-11,13H2,2-3H3. The number of hydrogen-bond acceptors (Lipinski definition) is 1. The third kappa shape index (κ3) is 3.10. The fourth-order valence-electron chi connectivity index (χ4n) is 3.28. The van der Waals surface area contributed by atoms with Crippen LogP contribution < -0.4 is 0 Å². The van der Waals surface area contributed by atoms with Crippen molar-refractivity contribution in [2.75, 3.05) is 6.54 Å². The number of nitrogens with zero attached hydrogens (tertiary/aromatic N) is 1. The van der Waals surface area contributed by atoms with Crippen LogP contribution in [0.25, 0.3) is 0 Å². The van der Waals surface area contributed by atoms with Crippen LogP contribution in [0.2, 0.25) is 0 Å². The molecule has 0 aromatic rings. The minimum atomic E-state index is -0.446. The predicted molar refractivity (Wildman–Crippen MR) is 79.8 cm³/mol. The summed E-state index contributed by atoms with van der Waals surface area (Å²) in [7, 11) is 0. The molecule has 1 aliphatic carbocycles. The molecule has 19 heavy (non-hydrogen) atoms. The molecule has 0 spiro atoms. The van der Waals surface area contributed by atoms with Gasteiger partial charge in [-0.2, -0.15) is 0 Å². The maximum atomic E-state index is 12.7. The second kappa shape index (κ2) is 5.94. The zero-order valence-electron chi connectivity index (χ0n) is 12.4. The maximum absolute atomic E-state index is 12.7. The summed E-state index contributed by atoms with van der Waals surface area (Å²) >= 11 is 0. The molecule has 2 rings (SSSR count). The molecule has 1 saturated carbocycles. The average Bonchev–Trinajstić information content (AvgIpc) is 2.47. The minimum Gasteiger partial charge on any atom is -0.335 e. The normalized spacial score (nSPS) is 25.4. The number of carbonyl (C=O) groups is 1. The van der Waals surface area contributed by atoms with Gasteiger partial charge in [0.1, 0.15) is 0 Å².